The van der Waals surface area contributed by atoms with Crippen LogP contribution in [0.1, 0.15) is 22.8 Å². The van der Waals surface area contributed by atoms with E-state index in [0.717, 1.165) is 11.3 Å². The first kappa shape index (κ1) is 19.6. The van der Waals surface area contributed by atoms with E-state index in [0.29, 0.717) is 38.5 Å². The number of morpholine rings is 1. The molecule has 0 aromatic heterocycles. The monoisotopic (exact) mass is 380 g/mol. The summed E-state index contributed by atoms with van der Waals surface area (Å²) in [6.07, 6.45) is 1.69. The number of carbonyl (C=O) groups excluding carboxylic acids is 2. The van der Waals surface area contributed by atoms with Crippen LogP contribution in [-0.4, -0.2) is 49.6 Å². The largest absolute Gasteiger partial charge is 0.494 e. The average molecular weight is 380 g/mol. The Morgan fingerprint density at radius 1 is 1.07 bits per heavy atom. The molecule has 6 nitrogen and oxygen atoms in total. The second-order valence-electron chi connectivity index (χ2n) is 6.28. The first-order valence-corrected chi connectivity index (χ1v) is 9.35. The van der Waals surface area contributed by atoms with E-state index in [1.54, 1.807) is 35.2 Å². The molecule has 1 heterocycles. The summed E-state index contributed by atoms with van der Waals surface area (Å²) < 4.78 is 10.8. The molecule has 1 N–H and O–H groups in total. The summed E-state index contributed by atoms with van der Waals surface area (Å²) in [5.74, 6) is 0.217. The summed E-state index contributed by atoms with van der Waals surface area (Å²) in [5.41, 5.74) is 1.53. The quantitative estimate of drug-likeness (QED) is 0.783. The van der Waals surface area contributed by atoms with Crippen LogP contribution in [0.15, 0.2) is 60.3 Å². The van der Waals surface area contributed by atoms with E-state index in [1.807, 2.05) is 37.3 Å². The molecule has 6 heteroatoms. The van der Waals surface area contributed by atoms with Crippen molar-refractivity contribution in [2.24, 2.45) is 0 Å². The van der Waals surface area contributed by atoms with E-state index in [4.69, 9.17) is 9.47 Å². The first-order valence-electron chi connectivity index (χ1n) is 9.35. The Kier molecular flexibility index (Phi) is 6.81. The van der Waals surface area contributed by atoms with Crippen LogP contribution in [-0.2, 0) is 9.53 Å². The number of nitrogens with one attached hydrogen (secondary N) is 1. The zero-order valence-corrected chi connectivity index (χ0v) is 15.9. The van der Waals surface area contributed by atoms with Crippen molar-refractivity contribution in [2.75, 3.05) is 32.9 Å². The second-order valence-corrected chi connectivity index (χ2v) is 6.28. The van der Waals surface area contributed by atoms with Gasteiger partial charge in [-0.05, 0) is 42.8 Å². The zero-order valence-electron chi connectivity index (χ0n) is 15.9. The number of hydrogen-bond acceptors (Lipinski definition) is 4. The van der Waals surface area contributed by atoms with Crippen molar-refractivity contribution >= 4 is 17.9 Å². The maximum atomic E-state index is 13.0. The molecule has 1 aliphatic rings. The van der Waals surface area contributed by atoms with Gasteiger partial charge in [0.1, 0.15) is 11.4 Å². The number of carbonyl (C=O) groups is 2. The number of benzene rings is 2. The molecule has 28 heavy (non-hydrogen) atoms. The van der Waals surface area contributed by atoms with Crippen LogP contribution >= 0.6 is 0 Å². The lowest BCUT2D eigenvalue weighted by molar-refractivity contribution is -0.131. The topological polar surface area (TPSA) is 67.9 Å². The number of rotatable bonds is 6. The molecule has 0 radical (unpaired) electrons. The Hall–Kier alpha value is -3.12. The third-order valence-electron chi connectivity index (χ3n) is 4.31. The molecule has 2 aromatic rings. The molecule has 0 atom stereocenters. The number of ether oxygens (including phenoxy) is 2. The Balaban J connectivity index is 1.84. The van der Waals surface area contributed by atoms with E-state index in [2.05, 4.69) is 5.32 Å². The highest BCUT2D eigenvalue weighted by molar-refractivity contribution is 6.05. The standard InChI is InChI=1S/C22H24N2O4/c1-2-28-19-10-8-17(9-11-19)16-20(22(26)24-12-14-27-15-13-24)23-21(25)18-6-4-3-5-7-18/h3-11,16H,2,12-15H2,1H3,(H,23,25)/b20-16+. The fourth-order valence-corrected chi connectivity index (χ4v) is 2.87. The summed E-state index contributed by atoms with van der Waals surface area (Å²) in [4.78, 5) is 27.3. The predicted molar refractivity (Wildman–Crippen MR) is 107 cm³/mol. The molecule has 3 rings (SSSR count). The molecule has 146 valence electrons. The van der Waals surface area contributed by atoms with Gasteiger partial charge in [0.05, 0.1) is 19.8 Å². The molecule has 2 aromatic carbocycles. The van der Waals surface area contributed by atoms with Gasteiger partial charge in [-0.1, -0.05) is 30.3 Å². The first-order chi connectivity index (χ1) is 13.7. The Labute approximate surface area is 164 Å². The van der Waals surface area contributed by atoms with Gasteiger partial charge in [-0.15, -0.1) is 0 Å². The van der Waals surface area contributed by atoms with Crippen molar-refractivity contribution < 1.29 is 19.1 Å². The Morgan fingerprint density at radius 2 is 1.75 bits per heavy atom. The molecule has 0 saturated carbocycles. The van der Waals surface area contributed by atoms with Crippen LogP contribution in [0.3, 0.4) is 0 Å². The maximum absolute atomic E-state index is 13.0. The van der Waals surface area contributed by atoms with Crippen molar-refractivity contribution in [1.82, 2.24) is 10.2 Å². The molecular weight excluding hydrogens is 356 g/mol. The van der Waals surface area contributed by atoms with Gasteiger partial charge >= 0.3 is 0 Å². The van der Waals surface area contributed by atoms with Gasteiger partial charge in [-0.2, -0.15) is 0 Å². The maximum Gasteiger partial charge on any atom is 0.270 e. The highest BCUT2D eigenvalue weighted by Gasteiger charge is 2.22. The normalized spacial score (nSPS) is 14.5. The molecule has 1 saturated heterocycles. The highest BCUT2D eigenvalue weighted by atomic mass is 16.5. The van der Waals surface area contributed by atoms with Crippen molar-refractivity contribution in [3.8, 4) is 5.75 Å². The van der Waals surface area contributed by atoms with Gasteiger partial charge in [-0.3, -0.25) is 9.59 Å². The predicted octanol–water partition coefficient (Wildman–Crippen LogP) is 2.72. The third-order valence-corrected chi connectivity index (χ3v) is 4.31. The lowest BCUT2D eigenvalue weighted by Gasteiger charge is -2.27. The molecule has 0 spiro atoms. The van der Waals surface area contributed by atoms with Crippen LogP contribution < -0.4 is 10.1 Å². The van der Waals surface area contributed by atoms with Crippen LogP contribution in [0.2, 0.25) is 0 Å². The van der Waals surface area contributed by atoms with Crippen molar-refractivity contribution in [3.63, 3.8) is 0 Å². The second kappa shape index (κ2) is 9.71. The summed E-state index contributed by atoms with van der Waals surface area (Å²) in [6, 6.07) is 16.2. The third kappa shape index (κ3) is 5.20. The van der Waals surface area contributed by atoms with Crippen molar-refractivity contribution in [2.45, 2.75) is 6.92 Å². The van der Waals surface area contributed by atoms with E-state index in [1.165, 1.54) is 0 Å². The van der Waals surface area contributed by atoms with Crippen LogP contribution in [0.5, 0.6) is 5.75 Å². The molecule has 1 fully saturated rings. The van der Waals surface area contributed by atoms with Gasteiger partial charge in [-0.25, -0.2) is 0 Å². The number of nitrogens with zero attached hydrogens (tertiary/aromatic N) is 1. The van der Waals surface area contributed by atoms with Gasteiger partial charge in [0.25, 0.3) is 11.8 Å². The van der Waals surface area contributed by atoms with Crippen LogP contribution in [0, 0.1) is 0 Å². The van der Waals surface area contributed by atoms with Gasteiger partial charge in [0, 0.05) is 18.7 Å². The number of amides is 2. The summed E-state index contributed by atoms with van der Waals surface area (Å²) in [5, 5.41) is 2.78. The fraction of sp³-hybridized carbons (Fsp3) is 0.273. The van der Waals surface area contributed by atoms with Crippen molar-refractivity contribution in [1.29, 1.82) is 0 Å². The highest BCUT2D eigenvalue weighted by Crippen LogP contribution is 2.16. The molecule has 0 aliphatic carbocycles. The minimum Gasteiger partial charge on any atom is -0.494 e. The molecule has 0 bridgehead atoms. The van der Waals surface area contributed by atoms with Gasteiger partial charge < -0.3 is 19.7 Å². The lowest BCUT2D eigenvalue weighted by Crippen LogP contribution is -2.44. The van der Waals surface area contributed by atoms with Crippen molar-refractivity contribution in [3.05, 3.63) is 71.4 Å². The summed E-state index contributed by atoms with van der Waals surface area (Å²) >= 11 is 0. The molecule has 2 amide bonds. The van der Waals surface area contributed by atoms with Gasteiger partial charge in [0.15, 0.2) is 0 Å². The number of hydrogen-bond donors (Lipinski definition) is 1. The SMILES string of the molecule is CCOc1ccc(/C=C(/NC(=O)c2ccccc2)C(=O)N2CCOCC2)cc1. The lowest BCUT2D eigenvalue weighted by atomic mass is 10.1. The zero-order chi connectivity index (χ0) is 19.8. The molecular formula is C22H24N2O4. The minimum absolute atomic E-state index is 0.221. The molecule has 0 unspecified atom stereocenters. The van der Waals surface area contributed by atoms with E-state index < -0.39 is 0 Å². The van der Waals surface area contributed by atoms with E-state index >= 15 is 0 Å². The van der Waals surface area contributed by atoms with E-state index in [9.17, 15) is 9.59 Å². The van der Waals surface area contributed by atoms with Gasteiger partial charge in [0.2, 0.25) is 0 Å². The molecule has 1 aliphatic heterocycles. The van der Waals surface area contributed by atoms with Crippen LogP contribution in [0.25, 0.3) is 6.08 Å². The minimum atomic E-state index is -0.320. The Morgan fingerprint density at radius 3 is 2.39 bits per heavy atom. The van der Waals surface area contributed by atoms with E-state index in [-0.39, 0.29) is 17.5 Å². The fourth-order valence-electron chi connectivity index (χ4n) is 2.87. The van der Waals surface area contributed by atoms with Crippen LogP contribution in [0.4, 0.5) is 0 Å². The summed E-state index contributed by atoms with van der Waals surface area (Å²) in [6.45, 7) is 4.50. The Bertz CT molecular complexity index is 825. The summed E-state index contributed by atoms with van der Waals surface area (Å²) in [7, 11) is 0. The average Bonchev–Trinajstić information content (AvgIpc) is 2.75. The smallest absolute Gasteiger partial charge is 0.270 e.